The number of sulfonamides is 2. The van der Waals surface area contributed by atoms with E-state index in [-0.39, 0.29) is 28.9 Å². The molecule has 0 atom stereocenters. The smallest absolute Gasteiger partial charge is 0.321 e. The lowest BCUT2D eigenvalue weighted by molar-refractivity contribution is -0.141. The first kappa shape index (κ1) is 25.6. The van der Waals surface area contributed by atoms with Crippen molar-refractivity contribution < 1.29 is 31.1 Å². The minimum absolute atomic E-state index is 0.0117. The number of esters is 1. The third-order valence-corrected chi connectivity index (χ3v) is 7.55. The van der Waals surface area contributed by atoms with Crippen LogP contribution in [0.5, 0.6) is 5.75 Å². The molecule has 0 spiro atoms. The molecule has 2 aromatic carbocycles. The predicted molar refractivity (Wildman–Crippen MR) is 121 cm³/mol. The summed E-state index contributed by atoms with van der Waals surface area (Å²) in [4.78, 5) is 11.4. The molecule has 11 heteroatoms. The molecule has 0 aromatic heterocycles. The van der Waals surface area contributed by atoms with Crippen LogP contribution in [-0.2, 0) is 29.6 Å². The van der Waals surface area contributed by atoms with E-state index in [0.29, 0.717) is 11.4 Å². The van der Waals surface area contributed by atoms with E-state index in [1.54, 1.807) is 19.1 Å². The zero-order valence-corrected chi connectivity index (χ0v) is 20.1. The van der Waals surface area contributed by atoms with Crippen LogP contribution in [-0.4, -0.2) is 49.6 Å². The summed E-state index contributed by atoms with van der Waals surface area (Å²) in [6.45, 7) is 5.23. The summed E-state index contributed by atoms with van der Waals surface area (Å²) in [5.74, 6) is -0.150. The van der Waals surface area contributed by atoms with E-state index in [9.17, 15) is 21.6 Å². The number of hydrogen-bond acceptors (Lipinski definition) is 7. The highest BCUT2D eigenvalue weighted by molar-refractivity contribution is 7.92. The fourth-order valence-corrected chi connectivity index (χ4v) is 5.39. The molecule has 2 aromatic rings. The minimum Gasteiger partial charge on any atom is -0.497 e. The number of hydrogen-bond donors (Lipinski definition) is 1. The molecule has 0 heterocycles. The number of rotatable bonds is 11. The molecule has 176 valence electrons. The Morgan fingerprint density at radius 1 is 0.969 bits per heavy atom. The Bertz CT molecular complexity index is 1110. The van der Waals surface area contributed by atoms with Gasteiger partial charge in [0.25, 0.3) is 10.0 Å². The third-order valence-electron chi connectivity index (χ3n) is 4.33. The van der Waals surface area contributed by atoms with Crippen LogP contribution in [0, 0.1) is 5.92 Å². The molecule has 0 saturated heterocycles. The number of nitrogens with zero attached hydrogens (tertiary/aromatic N) is 1. The van der Waals surface area contributed by atoms with Crippen molar-refractivity contribution in [1.82, 2.24) is 4.72 Å². The van der Waals surface area contributed by atoms with E-state index in [1.807, 2.05) is 13.8 Å². The molecule has 0 aliphatic carbocycles. The van der Waals surface area contributed by atoms with Gasteiger partial charge in [0.15, 0.2) is 0 Å². The lowest BCUT2D eigenvalue weighted by Crippen LogP contribution is -2.34. The topological polar surface area (TPSA) is 119 Å². The molecule has 0 bridgehead atoms. The maximum Gasteiger partial charge on any atom is 0.321 e. The van der Waals surface area contributed by atoms with E-state index in [1.165, 1.54) is 47.8 Å². The van der Waals surface area contributed by atoms with Crippen LogP contribution in [0.15, 0.2) is 58.3 Å². The molecule has 0 aliphatic heterocycles. The van der Waals surface area contributed by atoms with Gasteiger partial charge < -0.3 is 9.47 Å². The van der Waals surface area contributed by atoms with Gasteiger partial charge in [-0.1, -0.05) is 13.8 Å². The van der Waals surface area contributed by atoms with Crippen LogP contribution in [0.3, 0.4) is 0 Å². The summed E-state index contributed by atoms with van der Waals surface area (Å²) in [5.41, 5.74) is 0.318. The van der Waals surface area contributed by atoms with Crippen molar-refractivity contribution in [3.8, 4) is 5.75 Å². The van der Waals surface area contributed by atoms with Gasteiger partial charge in [-0.3, -0.25) is 9.10 Å². The summed E-state index contributed by atoms with van der Waals surface area (Å²) >= 11 is 0. The second-order valence-corrected chi connectivity index (χ2v) is 10.9. The SMILES string of the molecule is CCOC(=O)CNS(=O)(=O)c1ccc(N(CC(C)C)S(=O)(=O)c2ccc(OC)cc2)cc1. The van der Waals surface area contributed by atoms with E-state index < -0.39 is 32.6 Å². The quantitative estimate of drug-likeness (QED) is 0.486. The Hall–Kier alpha value is -2.63. The second-order valence-electron chi connectivity index (χ2n) is 7.23. The molecule has 0 amide bonds. The first-order valence-electron chi connectivity index (χ1n) is 9.93. The minimum atomic E-state index is -3.97. The average molecular weight is 485 g/mol. The van der Waals surface area contributed by atoms with Crippen molar-refractivity contribution in [2.75, 3.05) is 31.1 Å². The molecule has 0 aliphatic rings. The Kier molecular flexibility index (Phi) is 8.65. The van der Waals surface area contributed by atoms with Crippen LogP contribution < -0.4 is 13.8 Å². The number of benzene rings is 2. The maximum absolute atomic E-state index is 13.3. The predicted octanol–water partition coefficient (Wildman–Crippen LogP) is 2.39. The van der Waals surface area contributed by atoms with Gasteiger partial charge in [-0.15, -0.1) is 0 Å². The Labute approximate surface area is 189 Å². The van der Waals surface area contributed by atoms with E-state index >= 15 is 0 Å². The van der Waals surface area contributed by atoms with Crippen LogP contribution in [0.25, 0.3) is 0 Å². The third kappa shape index (κ3) is 6.44. The van der Waals surface area contributed by atoms with Crippen molar-refractivity contribution in [3.05, 3.63) is 48.5 Å². The van der Waals surface area contributed by atoms with E-state index in [0.717, 1.165) is 0 Å². The summed E-state index contributed by atoms with van der Waals surface area (Å²) < 4.78 is 64.6. The molecule has 1 N–H and O–H groups in total. The largest absolute Gasteiger partial charge is 0.497 e. The van der Waals surface area contributed by atoms with Gasteiger partial charge in [0.05, 0.1) is 29.2 Å². The van der Waals surface area contributed by atoms with Gasteiger partial charge in [0, 0.05) is 6.54 Å². The summed E-state index contributed by atoms with van der Waals surface area (Å²) in [7, 11) is -6.37. The van der Waals surface area contributed by atoms with Gasteiger partial charge in [-0.05, 0) is 61.4 Å². The maximum atomic E-state index is 13.3. The fraction of sp³-hybridized carbons (Fsp3) is 0.381. The molecule has 0 fully saturated rings. The number of methoxy groups -OCH3 is 1. The van der Waals surface area contributed by atoms with Crippen LogP contribution >= 0.6 is 0 Å². The Morgan fingerprint density at radius 2 is 1.53 bits per heavy atom. The molecule has 9 nitrogen and oxygen atoms in total. The van der Waals surface area contributed by atoms with Crippen LogP contribution in [0.1, 0.15) is 20.8 Å². The monoisotopic (exact) mass is 484 g/mol. The van der Waals surface area contributed by atoms with Crippen molar-refractivity contribution in [1.29, 1.82) is 0 Å². The molecular formula is C21H28N2O7S2. The van der Waals surface area contributed by atoms with E-state index in [2.05, 4.69) is 4.72 Å². The van der Waals surface area contributed by atoms with Gasteiger partial charge in [0.2, 0.25) is 10.0 Å². The van der Waals surface area contributed by atoms with Gasteiger partial charge >= 0.3 is 5.97 Å². The normalized spacial score (nSPS) is 11.9. The molecule has 0 radical (unpaired) electrons. The highest BCUT2D eigenvalue weighted by Crippen LogP contribution is 2.27. The van der Waals surface area contributed by atoms with Gasteiger partial charge in [-0.25, -0.2) is 16.8 Å². The number of nitrogens with one attached hydrogen (secondary N) is 1. The van der Waals surface area contributed by atoms with Crippen LogP contribution in [0.4, 0.5) is 5.69 Å². The lowest BCUT2D eigenvalue weighted by Gasteiger charge is -2.26. The zero-order valence-electron chi connectivity index (χ0n) is 18.4. The summed E-state index contributed by atoms with van der Waals surface area (Å²) in [6.07, 6.45) is 0. The Balaban J connectivity index is 2.33. The summed E-state index contributed by atoms with van der Waals surface area (Å²) in [6, 6.07) is 11.5. The van der Waals surface area contributed by atoms with Crippen molar-refractivity contribution in [2.24, 2.45) is 5.92 Å². The first-order valence-corrected chi connectivity index (χ1v) is 12.9. The average Bonchev–Trinajstić information content (AvgIpc) is 2.76. The number of anilines is 1. The standard InChI is InChI=1S/C21H28N2O7S2/c1-5-30-21(24)14-22-31(25,26)19-10-6-17(7-11-19)23(15-16(2)3)32(27,28)20-12-8-18(29-4)9-13-20/h6-13,16,22H,5,14-15H2,1-4H3. The Morgan fingerprint density at radius 3 is 2.03 bits per heavy atom. The van der Waals surface area contributed by atoms with Gasteiger partial charge in [-0.2, -0.15) is 4.72 Å². The lowest BCUT2D eigenvalue weighted by atomic mass is 10.2. The molecular weight excluding hydrogens is 456 g/mol. The number of carbonyl (C=O) groups excluding carboxylic acids is 1. The van der Waals surface area contributed by atoms with Crippen LogP contribution in [0.2, 0.25) is 0 Å². The number of carbonyl (C=O) groups is 1. The highest BCUT2D eigenvalue weighted by Gasteiger charge is 2.26. The van der Waals surface area contributed by atoms with Crippen molar-refractivity contribution in [3.63, 3.8) is 0 Å². The molecule has 32 heavy (non-hydrogen) atoms. The van der Waals surface area contributed by atoms with Crippen molar-refractivity contribution >= 4 is 31.7 Å². The van der Waals surface area contributed by atoms with Gasteiger partial charge in [0.1, 0.15) is 12.3 Å². The molecule has 0 saturated carbocycles. The molecule has 2 rings (SSSR count). The highest BCUT2D eigenvalue weighted by atomic mass is 32.2. The summed E-state index contributed by atoms with van der Waals surface area (Å²) in [5, 5.41) is 0. The molecule has 0 unspecified atom stereocenters. The van der Waals surface area contributed by atoms with Crippen molar-refractivity contribution in [2.45, 2.75) is 30.6 Å². The fourth-order valence-electron chi connectivity index (χ4n) is 2.79. The second kappa shape index (κ2) is 10.8. The van der Waals surface area contributed by atoms with E-state index in [4.69, 9.17) is 9.47 Å². The first-order chi connectivity index (χ1) is 15.0. The number of ether oxygens (including phenoxy) is 2. The zero-order chi connectivity index (χ0) is 23.9.